The molecule has 0 fully saturated rings. The lowest BCUT2D eigenvalue weighted by Gasteiger charge is -2.18. The van der Waals surface area contributed by atoms with Crippen molar-refractivity contribution in [2.45, 2.75) is 39.7 Å². The molecule has 4 nitrogen and oxygen atoms in total. The van der Waals surface area contributed by atoms with Crippen molar-refractivity contribution in [1.29, 1.82) is 0 Å². The lowest BCUT2D eigenvalue weighted by molar-refractivity contribution is -0.384. The molecule has 18 heavy (non-hydrogen) atoms. The summed E-state index contributed by atoms with van der Waals surface area (Å²) in [6.07, 6.45) is 2.35. The van der Waals surface area contributed by atoms with Crippen LogP contribution in [-0.2, 0) is 0 Å². The van der Waals surface area contributed by atoms with E-state index in [4.69, 9.17) is 0 Å². The van der Waals surface area contributed by atoms with E-state index in [9.17, 15) is 10.1 Å². The summed E-state index contributed by atoms with van der Waals surface area (Å²) >= 11 is 0. The molecule has 100 valence electrons. The maximum absolute atomic E-state index is 10.6. The minimum Gasteiger partial charge on any atom is -0.310 e. The van der Waals surface area contributed by atoms with Gasteiger partial charge in [0.2, 0.25) is 0 Å². The molecule has 0 aliphatic heterocycles. The molecule has 4 heteroatoms. The molecular weight excluding hydrogens is 228 g/mol. The maximum atomic E-state index is 10.6. The van der Waals surface area contributed by atoms with Gasteiger partial charge >= 0.3 is 0 Å². The van der Waals surface area contributed by atoms with Gasteiger partial charge in [-0.3, -0.25) is 10.1 Å². The molecule has 0 aliphatic carbocycles. The van der Waals surface area contributed by atoms with Crippen molar-refractivity contribution < 1.29 is 4.92 Å². The van der Waals surface area contributed by atoms with Crippen molar-refractivity contribution in [3.8, 4) is 0 Å². The van der Waals surface area contributed by atoms with Crippen molar-refractivity contribution >= 4 is 5.69 Å². The van der Waals surface area contributed by atoms with Crippen LogP contribution in [-0.4, -0.2) is 11.5 Å². The largest absolute Gasteiger partial charge is 0.310 e. The van der Waals surface area contributed by atoms with Gasteiger partial charge in [0.1, 0.15) is 0 Å². The SMILES string of the molecule is CCC(CC)CNC(C)c1ccc([N+](=O)[O-])cc1. The fraction of sp³-hybridized carbons (Fsp3) is 0.571. The normalized spacial score (nSPS) is 12.7. The van der Waals surface area contributed by atoms with E-state index < -0.39 is 0 Å². The van der Waals surface area contributed by atoms with E-state index >= 15 is 0 Å². The highest BCUT2D eigenvalue weighted by Gasteiger charge is 2.10. The molecule has 0 saturated carbocycles. The first kappa shape index (κ1) is 14.6. The molecule has 1 atom stereocenters. The maximum Gasteiger partial charge on any atom is 0.269 e. The first-order valence-corrected chi connectivity index (χ1v) is 6.56. The zero-order valence-electron chi connectivity index (χ0n) is 11.3. The Morgan fingerprint density at radius 1 is 1.22 bits per heavy atom. The van der Waals surface area contributed by atoms with Crippen LogP contribution >= 0.6 is 0 Å². The van der Waals surface area contributed by atoms with Crippen molar-refractivity contribution in [3.63, 3.8) is 0 Å². The number of nitrogens with one attached hydrogen (secondary N) is 1. The summed E-state index contributed by atoms with van der Waals surface area (Å²) in [4.78, 5) is 10.2. The third-order valence-corrected chi connectivity index (χ3v) is 3.47. The van der Waals surface area contributed by atoms with Crippen LogP contribution in [0.4, 0.5) is 5.69 Å². The van der Waals surface area contributed by atoms with Gasteiger partial charge in [-0.1, -0.05) is 38.8 Å². The third kappa shape index (κ3) is 4.11. The van der Waals surface area contributed by atoms with Crippen LogP contribution in [0.2, 0.25) is 0 Å². The summed E-state index contributed by atoms with van der Waals surface area (Å²) in [5, 5.41) is 14.0. The van der Waals surface area contributed by atoms with Crippen LogP contribution in [0.25, 0.3) is 0 Å². The molecule has 0 aromatic heterocycles. The molecule has 0 aliphatic rings. The van der Waals surface area contributed by atoms with Crippen molar-refractivity contribution in [2.24, 2.45) is 5.92 Å². The molecule has 1 N–H and O–H groups in total. The number of nitro groups is 1. The van der Waals surface area contributed by atoms with E-state index in [-0.39, 0.29) is 16.7 Å². The summed E-state index contributed by atoms with van der Waals surface area (Å²) in [5.41, 5.74) is 1.23. The summed E-state index contributed by atoms with van der Waals surface area (Å²) < 4.78 is 0. The summed E-state index contributed by atoms with van der Waals surface area (Å²) in [6, 6.07) is 6.99. The summed E-state index contributed by atoms with van der Waals surface area (Å²) in [5.74, 6) is 0.700. The van der Waals surface area contributed by atoms with Gasteiger partial charge in [0, 0.05) is 18.2 Å². The fourth-order valence-corrected chi connectivity index (χ4v) is 1.92. The Balaban J connectivity index is 2.56. The number of nitrogens with zero attached hydrogens (tertiary/aromatic N) is 1. The van der Waals surface area contributed by atoms with Crippen molar-refractivity contribution in [1.82, 2.24) is 5.32 Å². The molecule has 1 aromatic rings. The number of nitro benzene ring substituents is 1. The van der Waals surface area contributed by atoms with Crippen LogP contribution in [0, 0.1) is 16.0 Å². The number of benzene rings is 1. The van der Waals surface area contributed by atoms with E-state index in [1.807, 2.05) is 12.1 Å². The number of hydrogen-bond acceptors (Lipinski definition) is 3. The molecule has 0 radical (unpaired) electrons. The molecule has 0 heterocycles. The van der Waals surface area contributed by atoms with Gasteiger partial charge in [0.15, 0.2) is 0 Å². The number of rotatable bonds is 7. The highest BCUT2D eigenvalue weighted by atomic mass is 16.6. The van der Waals surface area contributed by atoms with Gasteiger partial charge in [0.05, 0.1) is 4.92 Å². The molecule has 1 rings (SSSR count). The summed E-state index contributed by atoms with van der Waals surface area (Å²) in [7, 11) is 0. The lowest BCUT2D eigenvalue weighted by Crippen LogP contribution is -2.25. The second-order valence-corrected chi connectivity index (χ2v) is 4.66. The Hall–Kier alpha value is -1.42. The van der Waals surface area contributed by atoms with E-state index in [0.29, 0.717) is 5.92 Å². The average molecular weight is 250 g/mol. The minimum absolute atomic E-state index is 0.144. The van der Waals surface area contributed by atoms with E-state index in [0.717, 1.165) is 12.1 Å². The second kappa shape index (κ2) is 7.11. The third-order valence-electron chi connectivity index (χ3n) is 3.47. The Bertz CT molecular complexity index is 372. The van der Waals surface area contributed by atoms with Crippen LogP contribution in [0.5, 0.6) is 0 Å². The quantitative estimate of drug-likeness (QED) is 0.593. The first-order valence-electron chi connectivity index (χ1n) is 6.56. The first-order chi connectivity index (χ1) is 8.58. The smallest absolute Gasteiger partial charge is 0.269 e. The Kier molecular flexibility index (Phi) is 5.78. The molecule has 0 bridgehead atoms. The molecule has 1 unspecified atom stereocenters. The Morgan fingerprint density at radius 3 is 2.22 bits per heavy atom. The Labute approximate surface area is 109 Å². The van der Waals surface area contributed by atoms with E-state index in [1.165, 1.54) is 12.8 Å². The van der Waals surface area contributed by atoms with Gasteiger partial charge in [0.25, 0.3) is 5.69 Å². The molecule has 1 aromatic carbocycles. The predicted octanol–water partition coefficient (Wildman–Crippen LogP) is 3.68. The highest BCUT2D eigenvalue weighted by molar-refractivity contribution is 5.33. The van der Waals surface area contributed by atoms with Gasteiger partial charge in [-0.2, -0.15) is 0 Å². The van der Waals surface area contributed by atoms with Crippen molar-refractivity contribution in [3.05, 3.63) is 39.9 Å². The molecule has 0 saturated heterocycles. The van der Waals surface area contributed by atoms with Crippen LogP contribution in [0.3, 0.4) is 0 Å². The number of hydrogen-bond donors (Lipinski definition) is 1. The Morgan fingerprint density at radius 2 is 1.78 bits per heavy atom. The second-order valence-electron chi connectivity index (χ2n) is 4.66. The molecule has 0 amide bonds. The monoisotopic (exact) mass is 250 g/mol. The van der Waals surface area contributed by atoms with E-state index in [1.54, 1.807) is 12.1 Å². The minimum atomic E-state index is -0.369. The lowest BCUT2D eigenvalue weighted by atomic mass is 10.0. The highest BCUT2D eigenvalue weighted by Crippen LogP contribution is 2.18. The van der Waals surface area contributed by atoms with Crippen LogP contribution in [0.15, 0.2) is 24.3 Å². The predicted molar refractivity (Wildman–Crippen MR) is 73.6 cm³/mol. The topological polar surface area (TPSA) is 55.2 Å². The summed E-state index contributed by atoms with van der Waals surface area (Å²) in [6.45, 7) is 7.48. The van der Waals surface area contributed by atoms with Gasteiger partial charge in [-0.25, -0.2) is 0 Å². The van der Waals surface area contributed by atoms with Gasteiger partial charge in [-0.05, 0) is 24.9 Å². The number of non-ortho nitro benzene ring substituents is 1. The van der Waals surface area contributed by atoms with E-state index in [2.05, 4.69) is 26.1 Å². The standard InChI is InChI=1S/C14H22N2O2/c1-4-12(5-2)10-15-11(3)13-6-8-14(9-7-13)16(17)18/h6-9,11-12,15H,4-5,10H2,1-3H3. The zero-order valence-corrected chi connectivity index (χ0v) is 11.3. The van der Waals surface area contributed by atoms with Crippen LogP contribution < -0.4 is 5.32 Å². The average Bonchev–Trinajstić information content (AvgIpc) is 2.39. The van der Waals surface area contributed by atoms with Gasteiger partial charge < -0.3 is 5.32 Å². The molecule has 0 spiro atoms. The zero-order chi connectivity index (χ0) is 13.5. The van der Waals surface area contributed by atoms with Gasteiger partial charge in [-0.15, -0.1) is 0 Å². The van der Waals surface area contributed by atoms with Crippen LogP contribution in [0.1, 0.15) is 45.2 Å². The van der Waals surface area contributed by atoms with Crippen molar-refractivity contribution in [2.75, 3.05) is 6.54 Å². The fourth-order valence-electron chi connectivity index (χ4n) is 1.92. The molecular formula is C14H22N2O2.